The number of piperazine rings is 2. The van der Waals surface area contributed by atoms with E-state index < -0.39 is 13.0 Å². The minimum atomic E-state index is -2.64. The number of nitrogens with zero attached hydrogens (tertiary/aromatic N) is 7. The number of hydrogen-bond donors (Lipinski definition) is 0. The molecule has 2 aliphatic heterocycles. The Kier molecular flexibility index (Phi) is 12.5. The van der Waals surface area contributed by atoms with Gasteiger partial charge in [-0.2, -0.15) is 9.97 Å². The fourth-order valence-electron chi connectivity index (χ4n) is 7.12. The molecule has 1 aliphatic carbocycles. The molecule has 7 rings (SSSR count). The van der Waals surface area contributed by atoms with Gasteiger partial charge < -0.3 is 14.4 Å². The second kappa shape index (κ2) is 16.8. The van der Waals surface area contributed by atoms with Gasteiger partial charge in [0.2, 0.25) is 11.8 Å². The average Bonchev–Trinajstić information content (AvgIpc) is 3.98. The van der Waals surface area contributed by atoms with Crippen molar-refractivity contribution < 1.29 is 23.0 Å². The van der Waals surface area contributed by atoms with E-state index in [2.05, 4.69) is 73.3 Å². The highest BCUT2D eigenvalue weighted by atomic mass is 35.5. The highest BCUT2D eigenvalue weighted by molar-refractivity contribution is 5.92. The van der Waals surface area contributed by atoms with Crippen LogP contribution in [0.4, 0.5) is 8.78 Å². The van der Waals surface area contributed by atoms with E-state index >= 15 is 0 Å². The van der Waals surface area contributed by atoms with Crippen molar-refractivity contribution >= 4 is 30.7 Å². The summed E-state index contributed by atoms with van der Waals surface area (Å²) in [5, 5.41) is 0. The molecule has 0 spiro atoms. The predicted molar refractivity (Wildman–Crippen MR) is 189 cm³/mol. The molecule has 0 radical (unpaired) electrons. The first kappa shape index (κ1) is 37.3. The maximum atomic E-state index is 13.5. The molecule has 1 amide bonds. The monoisotopic (exact) mass is 727 g/mol. The largest absolute Gasteiger partial charge is 0.481 e. The standard InChI is InChI=1S/C36H39F2N7O3.2ClH/c1-47-34-28(35(48-23-31(37)38)42-33(41-34)26-12-13-26)21-43-19-27-20-44(36(46)29-18-39-14-15-40-29)16-17-45(27)30(22-43)32(24-8-4-2-5-9-24)25-10-6-3-7-11-25;;/h2-11,14-15,18,26-27,30-32H,12-13,16-17,19-23H2,1H3;2*1H/t27-,30?;;/m1../s1. The van der Waals surface area contributed by atoms with Gasteiger partial charge in [-0.05, 0) is 24.0 Å². The highest BCUT2D eigenvalue weighted by Crippen LogP contribution is 2.42. The number of amides is 1. The maximum Gasteiger partial charge on any atom is 0.274 e. The molecule has 2 aromatic heterocycles. The van der Waals surface area contributed by atoms with Crippen LogP contribution in [0, 0.1) is 0 Å². The highest BCUT2D eigenvalue weighted by Gasteiger charge is 2.44. The second-order valence-corrected chi connectivity index (χ2v) is 12.6. The first-order valence-corrected chi connectivity index (χ1v) is 16.5. The van der Waals surface area contributed by atoms with E-state index in [-0.39, 0.29) is 60.5 Å². The van der Waals surface area contributed by atoms with Gasteiger partial charge in [-0.3, -0.25) is 19.6 Å². The number of rotatable bonds is 11. The molecule has 1 unspecified atom stereocenters. The molecule has 3 fully saturated rings. The zero-order valence-corrected chi connectivity index (χ0v) is 29.3. The molecule has 10 nitrogen and oxygen atoms in total. The van der Waals surface area contributed by atoms with Crippen LogP contribution < -0.4 is 9.47 Å². The van der Waals surface area contributed by atoms with E-state index in [1.807, 2.05) is 17.0 Å². The normalized spacial score (nSPS) is 19.3. The van der Waals surface area contributed by atoms with Crippen molar-refractivity contribution in [3.05, 3.63) is 107 Å². The summed E-state index contributed by atoms with van der Waals surface area (Å²) >= 11 is 0. The Morgan fingerprint density at radius 1 is 0.900 bits per heavy atom. The van der Waals surface area contributed by atoms with Gasteiger partial charge in [-0.15, -0.1) is 24.8 Å². The average molecular weight is 729 g/mol. The van der Waals surface area contributed by atoms with Crippen molar-refractivity contribution in [1.29, 1.82) is 0 Å². The molecule has 4 aromatic rings. The number of halogens is 4. The van der Waals surface area contributed by atoms with Crippen molar-refractivity contribution in [2.24, 2.45) is 0 Å². The van der Waals surface area contributed by atoms with E-state index in [1.54, 1.807) is 6.20 Å². The number of ether oxygens (including phenoxy) is 2. The van der Waals surface area contributed by atoms with Crippen LogP contribution in [0.15, 0.2) is 79.3 Å². The summed E-state index contributed by atoms with van der Waals surface area (Å²) in [6.07, 6.45) is 3.85. The number of benzene rings is 2. The van der Waals surface area contributed by atoms with Gasteiger partial charge in [0.1, 0.15) is 11.5 Å². The third kappa shape index (κ3) is 8.31. The number of hydrogen-bond acceptors (Lipinski definition) is 9. The Morgan fingerprint density at radius 2 is 1.58 bits per heavy atom. The summed E-state index contributed by atoms with van der Waals surface area (Å²) < 4.78 is 38.1. The number of fused-ring (bicyclic) bond motifs is 1. The molecule has 0 N–H and O–H groups in total. The van der Waals surface area contributed by atoms with Crippen molar-refractivity contribution in [3.63, 3.8) is 0 Å². The zero-order chi connectivity index (χ0) is 33.0. The number of carbonyl (C=O) groups is 1. The first-order chi connectivity index (χ1) is 23.5. The van der Waals surface area contributed by atoms with E-state index in [4.69, 9.17) is 14.5 Å². The van der Waals surface area contributed by atoms with Crippen LogP contribution in [0.5, 0.6) is 11.8 Å². The van der Waals surface area contributed by atoms with Crippen LogP contribution >= 0.6 is 24.8 Å². The summed E-state index contributed by atoms with van der Waals surface area (Å²) in [5.41, 5.74) is 3.26. The predicted octanol–water partition coefficient (Wildman–Crippen LogP) is 5.48. The van der Waals surface area contributed by atoms with Gasteiger partial charge in [0.15, 0.2) is 6.61 Å². The summed E-state index contributed by atoms with van der Waals surface area (Å²) in [4.78, 5) is 37.9. The van der Waals surface area contributed by atoms with Gasteiger partial charge in [-0.25, -0.2) is 13.8 Å². The second-order valence-electron chi connectivity index (χ2n) is 12.6. The van der Waals surface area contributed by atoms with Crippen molar-refractivity contribution in [2.45, 2.75) is 49.7 Å². The molecular weight excluding hydrogens is 687 g/mol. The van der Waals surface area contributed by atoms with E-state index in [0.29, 0.717) is 62.2 Å². The molecule has 2 aromatic carbocycles. The number of methoxy groups -OCH3 is 1. The van der Waals surface area contributed by atoms with Crippen LogP contribution in [0.25, 0.3) is 0 Å². The van der Waals surface area contributed by atoms with Crippen molar-refractivity contribution in [3.8, 4) is 11.8 Å². The smallest absolute Gasteiger partial charge is 0.274 e. The molecule has 14 heteroatoms. The summed E-state index contributed by atoms with van der Waals surface area (Å²) in [7, 11) is 1.54. The molecule has 0 bridgehead atoms. The zero-order valence-electron chi connectivity index (χ0n) is 27.7. The topological polar surface area (TPSA) is 96.8 Å². The van der Waals surface area contributed by atoms with Gasteiger partial charge in [0.25, 0.3) is 12.3 Å². The fourth-order valence-corrected chi connectivity index (χ4v) is 7.12. The molecule has 266 valence electrons. The minimum Gasteiger partial charge on any atom is -0.481 e. The molecule has 2 atom stereocenters. The van der Waals surface area contributed by atoms with E-state index in [0.717, 1.165) is 12.8 Å². The van der Waals surface area contributed by atoms with Gasteiger partial charge in [0.05, 0.1) is 18.9 Å². The lowest BCUT2D eigenvalue weighted by molar-refractivity contribution is -0.0294. The molecule has 3 aliphatic rings. The van der Waals surface area contributed by atoms with Crippen LogP contribution in [-0.4, -0.2) is 105 Å². The molecule has 1 saturated carbocycles. The molecule has 2 saturated heterocycles. The van der Waals surface area contributed by atoms with Crippen LogP contribution in [0.1, 0.15) is 57.7 Å². The number of aromatic nitrogens is 4. The Bertz CT molecular complexity index is 1650. The summed E-state index contributed by atoms with van der Waals surface area (Å²) in [5.74, 6) is 1.14. The van der Waals surface area contributed by atoms with E-state index in [1.165, 1.54) is 30.6 Å². The maximum absolute atomic E-state index is 13.5. The van der Waals surface area contributed by atoms with E-state index in [9.17, 15) is 13.6 Å². The van der Waals surface area contributed by atoms with Gasteiger partial charge >= 0.3 is 0 Å². The fraction of sp³-hybridized carbons (Fsp3) is 0.417. The quantitative estimate of drug-likeness (QED) is 0.199. The SMILES string of the molecule is COc1nc(C2CC2)nc(OCC(F)F)c1CN1CC(C(c2ccccc2)c2ccccc2)N2CCN(C(=O)c3cnccn3)C[C@H]2C1.Cl.Cl. The van der Waals surface area contributed by atoms with Crippen molar-refractivity contribution in [2.75, 3.05) is 46.4 Å². The molecule has 4 heterocycles. The Balaban J connectivity index is 0.00000243. The number of carbonyl (C=O) groups excluding carboxylic acids is 1. The molecule has 50 heavy (non-hydrogen) atoms. The van der Waals surface area contributed by atoms with Crippen molar-refractivity contribution in [1.82, 2.24) is 34.6 Å². The first-order valence-electron chi connectivity index (χ1n) is 16.5. The lowest BCUT2D eigenvalue weighted by Gasteiger charge is -2.53. The Hall–Kier alpha value is -3.97. The Morgan fingerprint density at radius 3 is 2.18 bits per heavy atom. The van der Waals surface area contributed by atoms with Crippen LogP contribution in [0.2, 0.25) is 0 Å². The van der Waals surface area contributed by atoms with Crippen LogP contribution in [-0.2, 0) is 6.54 Å². The van der Waals surface area contributed by atoms with Gasteiger partial charge in [-0.1, -0.05) is 60.7 Å². The number of alkyl halides is 2. The minimum absolute atomic E-state index is 0. The van der Waals surface area contributed by atoms with Crippen LogP contribution in [0.3, 0.4) is 0 Å². The molecular formula is C36H41Cl2F2N7O3. The van der Waals surface area contributed by atoms with Gasteiger partial charge in [0, 0.05) is 75.6 Å². The summed E-state index contributed by atoms with van der Waals surface area (Å²) in [6, 6.07) is 21.0. The third-order valence-electron chi connectivity index (χ3n) is 9.45. The summed E-state index contributed by atoms with van der Waals surface area (Å²) in [6.45, 7) is 2.62. The Labute approximate surface area is 303 Å². The lowest BCUT2D eigenvalue weighted by atomic mass is 9.81. The lowest BCUT2D eigenvalue weighted by Crippen LogP contribution is -2.67. The third-order valence-corrected chi connectivity index (χ3v) is 9.45.